The predicted molar refractivity (Wildman–Crippen MR) is 286 cm³/mol. The fourth-order valence-electron chi connectivity index (χ4n) is 10.1. The van der Waals surface area contributed by atoms with Crippen LogP contribution < -0.4 is 20.9 Å². The van der Waals surface area contributed by atoms with Gasteiger partial charge in [0.1, 0.15) is 12.6 Å². The van der Waals surface area contributed by atoms with Crippen molar-refractivity contribution < 1.29 is 67.8 Å². The van der Waals surface area contributed by atoms with E-state index in [0.717, 1.165) is 17.1 Å². The van der Waals surface area contributed by atoms with Gasteiger partial charge in [-0.2, -0.15) is 29.8 Å². The molecule has 5 rings (SSSR count). The van der Waals surface area contributed by atoms with Crippen LogP contribution in [-0.4, -0.2) is 116 Å². The van der Waals surface area contributed by atoms with Gasteiger partial charge in [0.05, 0.1) is 21.0 Å². The Morgan fingerprint density at radius 1 is 0.747 bits per heavy atom. The number of hydrogen-bond donors (Lipinski definition) is 7. The maximum atomic E-state index is 13.4. The summed E-state index contributed by atoms with van der Waals surface area (Å²) in [6.07, 6.45) is 20.6. The van der Waals surface area contributed by atoms with Gasteiger partial charge in [-0.15, -0.1) is 0 Å². The summed E-state index contributed by atoms with van der Waals surface area (Å²) >= 11 is 0. The van der Waals surface area contributed by atoms with E-state index in [2.05, 4.69) is 20.5 Å². The molecule has 3 heterocycles. The Balaban J connectivity index is 1.44. The number of aliphatic carboxylic acids is 1. The molecule has 2 atom stereocenters. The lowest BCUT2D eigenvalue weighted by molar-refractivity contribution is -0.438. The molecule has 3 amide bonds. The Morgan fingerprint density at radius 3 is 2.09 bits per heavy atom. The Morgan fingerprint density at radius 2 is 1.40 bits per heavy atom. The zero-order valence-electron chi connectivity index (χ0n) is 43.1. The predicted octanol–water partition coefficient (Wildman–Crippen LogP) is 7.22. The highest BCUT2D eigenvalue weighted by Crippen LogP contribution is 2.51. The van der Waals surface area contributed by atoms with Gasteiger partial charge in [-0.1, -0.05) is 49.6 Å². The van der Waals surface area contributed by atoms with E-state index >= 15 is 0 Å². The molecule has 19 nitrogen and oxygen atoms in total. The lowest BCUT2D eigenvalue weighted by atomic mass is 9.77. The molecule has 3 aliphatic heterocycles. The van der Waals surface area contributed by atoms with Gasteiger partial charge in [0, 0.05) is 79.8 Å². The van der Waals surface area contributed by atoms with E-state index in [4.69, 9.17) is 5.11 Å². The molecule has 0 bridgehead atoms. The molecule has 2 aromatic carbocycles. The third-order valence-electron chi connectivity index (χ3n) is 14.0. The molecule has 0 spiro atoms. The van der Waals surface area contributed by atoms with Crippen molar-refractivity contribution in [2.45, 2.75) is 157 Å². The molecule has 22 heteroatoms. The van der Waals surface area contributed by atoms with Crippen LogP contribution in [0.3, 0.4) is 0 Å². The second-order valence-electron chi connectivity index (χ2n) is 20.1. The third-order valence-corrected chi connectivity index (χ3v) is 16.5. The normalized spacial score (nSPS) is 22.5. The number of hydrogen-bond acceptors (Lipinski definition) is 11. The molecule has 0 aromatic heterocycles. The minimum atomic E-state index is -4.60. The van der Waals surface area contributed by atoms with Crippen molar-refractivity contribution >= 4 is 71.1 Å². The van der Waals surface area contributed by atoms with Crippen LogP contribution >= 0.6 is 0 Å². The van der Waals surface area contributed by atoms with E-state index in [0.29, 0.717) is 120 Å². The first-order valence-electron chi connectivity index (χ1n) is 25.7. The standard InChI is InChI=1S/C53H73N5O14S3/c1-52(2)41-37-39(74(67,68)69)27-29-44(41)57-34-19-9-13-25-49(60)56-43(51(63)55-33-17-8-14-26-50(61)62)21-15-18-32-54-48(59)24-12-7-16-31-53(3)42-38-40(75(70,71)72)28-30-45(42)58(35-20-36-73(64,65)66)47(53)23-11-6-4-5-10-22-46(52)57/h4-6,10-11,22-23,27-30,37-38,43H,7-9,12-21,24-26,31-36H2,1-3H3,(H6-,54,55,56,59,60,61,62,63,64,65,66,67,68,69,70,71,72)/p+1. The van der Waals surface area contributed by atoms with E-state index < -0.39 is 58.9 Å². The number of allylic oxidation sites excluding steroid dienone is 8. The highest BCUT2D eigenvalue weighted by Gasteiger charge is 2.45. The molecule has 0 fully saturated rings. The van der Waals surface area contributed by atoms with Crippen LogP contribution in [0.25, 0.3) is 0 Å². The lowest BCUT2D eigenvalue weighted by Crippen LogP contribution is -2.47. The van der Waals surface area contributed by atoms with E-state index in [1.54, 1.807) is 24.3 Å². The molecular formula is C53H74N5O14S3+. The quantitative estimate of drug-likeness (QED) is 0.0592. The van der Waals surface area contributed by atoms with Gasteiger partial charge >= 0.3 is 5.97 Å². The van der Waals surface area contributed by atoms with E-state index in [1.807, 2.05) is 56.1 Å². The zero-order chi connectivity index (χ0) is 55.0. The van der Waals surface area contributed by atoms with Crippen LogP contribution in [0, 0.1) is 0 Å². The first-order chi connectivity index (χ1) is 35.3. The number of nitrogens with zero attached hydrogens (tertiary/aromatic N) is 2. The van der Waals surface area contributed by atoms with Crippen molar-refractivity contribution in [1.29, 1.82) is 0 Å². The monoisotopic (exact) mass is 1100 g/mol. The second kappa shape index (κ2) is 27.0. The molecular weight excluding hydrogens is 1030 g/mol. The number of carboxylic acid groups (broad SMARTS) is 1. The summed E-state index contributed by atoms with van der Waals surface area (Å²) in [5, 5.41) is 17.7. The van der Waals surface area contributed by atoms with Crippen molar-refractivity contribution in [3.05, 3.63) is 95.8 Å². The Labute approximate surface area is 442 Å². The van der Waals surface area contributed by atoms with E-state index in [1.165, 1.54) is 24.3 Å². The molecule has 75 heavy (non-hydrogen) atoms. The molecule has 2 unspecified atom stereocenters. The van der Waals surface area contributed by atoms with E-state index in [-0.39, 0.29) is 59.7 Å². The summed E-state index contributed by atoms with van der Waals surface area (Å²) in [5.74, 6) is -2.15. The van der Waals surface area contributed by atoms with Crippen LogP contribution in [0.4, 0.5) is 11.4 Å². The molecule has 0 saturated carbocycles. The van der Waals surface area contributed by atoms with Crippen molar-refractivity contribution in [1.82, 2.24) is 16.0 Å². The first kappa shape index (κ1) is 60.3. The summed E-state index contributed by atoms with van der Waals surface area (Å²) in [6, 6.07) is 7.99. The third kappa shape index (κ3) is 17.5. The summed E-state index contributed by atoms with van der Waals surface area (Å²) in [7, 11) is -13.4. The highest BCUT2D eigenvalue weighted by atomic mass is 32.2. The van der Waals surface area contributed by atoms with Gasteiger partial charge < -0.3 is 26.0 Å². The average Bonchev–Trinajstić information content (AvgIpc) is 3.68. The number of fused-ring (bicyclic) bond motifs is 5. The number of carbonyl (C=O) groups is 4. The largest absolute Gasteiger partial charge is 0.481 e. The van der Waals surface area contributed by atoms with E-state index in [9.17, 15) is 58.1 Å². The van der Waals surface area contributed by atoms with Crippen molar-refractivity contribution in [3.63, 3.8) is 0 Å². The van der Waals surface area contributed by atoms with Gasteiger partial charge in [0.15, 0.2) is 5.71 Å². The van der Waals surface area contributed by atoms with Crippen LogP contribution in [0.5, 0.6) is 0 Å². The Bertz CT molecular complexity index is 2910. The summed E-state index contributed by atoms with van der Waals surface area (Å²) in [6.45, 7) is 7.23. The number of unbranched alkanes of at least 4 members (excludes halogenated alkanes) is 2. The number of carboxylic acids is 1. The second-order valence-corrected chi connectivity index (χ2v) is 24.5. The van der Waals surface area contributed by atoms with Gasteiger partial charge in [0.25, 0.3) is 30.4 Å². The minimum absolute atomic E-state index is 0.0427. The van der Waals surface area contributed by atoms with Crippen molar-refractivity contribution in [3.8, 4) is 0 Å². The minimum Gasteiger partial charge on any atom is -0.481 e. The summed E-state index contributed by atoms with van der Waals surface area (Å²) in [4.78, 5) is 51.9. The molecule has 412 valence electrons. The Kier molecular flexibility index (Phi) is 21.7. The first-order valence-corrected chi connectivity index (χ1v) is 30.2. The van der Waals surface area contributed by atoms with Crippen molar-refractivity contribution in [2.75, 3.05) is 36.8 Å². The number of carbonyl (C=O) groups excluding carboxylic acids is 3. The lowest BCUT2D eigenvalue weighted by Gasteiger charge is -2.30. The molecule has 2 aromatic rings. The highest BCUT2D eigenvalue weighted by molar-refractivity contribution is 7.86. The summed E-state index contributed by atoms with van der Waals surface area (Å²) < 4.78 is 105. The van der Waals surface area contributed by atoms with Gasteiger partial charge in [-0.05, 0) is 127 Å². The number of rotatable bonds is 13. The zero-order valence-corrected chi connectivity index (χ0v) is 45.6. The van der Waals surface area contributed by atoms with Crippen LogP contribution in [0.15, 0.2) is 94.4 Å². The smallest absolute Gasteiger partial charge is 0.303 e. The number of amides is 3. The van der Waals surface area contributed by atoms with Crippen molar-refractivity contribution in [2.24, 2.45) is 0 Å². The van der Waals surface area contributed by atoms with Gasteiger partial charge in [0.2, 0.25) is 23.4 Å². The van der Waals surface area contributed by atoms with Crippen LogP contribution in [-0.2, 0) is 60.4 Å². The topological polar surface area (TPSA) is 294 Å². The molecule has 3 aliphatic rings. The van der Waals surface area contributed by atoms with Crippen LogP contribution in [0.2, 0.25) is 0 Å². The summed E-state index contributed by atoms with van der Waals surface area (Å²) in [5.41, 5.74) is 2.73. The molecule has 0 radical (unpaired) electrons. The Hall–Kier alpha value is -5.52. The van der Waals surface area contributed by atoms with Crippen LogP contribution in [0.1, 0.15) is 141 Å². The maximum Gasteiger partial charge on any atom is 0.303 e. The number of benzene rings is 2. The fraction of sp³-hybridized carbons (Fsp3) is 0.528. The van der Waals surface area contributed by atoms with Gasteiger partial charge in [-0.3, -0.25) is 32.8 Å². The fourth-order valence-corrected chi connectivity index (χ4v) is 11.6. The maximum absolute atomic E-state index is 13.4. The van der Waals surface area contributed by atoms with Gasteiger partial charge in [-0.25, -0.2) is 0 Å². The number of anilines is 1. The average molecular weight is 1100 g/mol. The molecule has 0 aliphatic carbocycles. The number of nitrogens with one attached hydrogen (secondary N) is 3. The molecule has 7 N–H and O–H groups in total. The molecule has 0 saturated heterocycles. The SMILES string of the molecule is CC1(C)C2=[N+](CCCCCC(=O)NC(C(=O)NCCCCCC(=O)O)CCCCNC(=O)CCCCCC3(C)/C(=C/C=C/C=C/C=C2)N(CCCS(=O)(=O)O)c2ccc(S(=O)(=O)O)cc23)c2ccc(S(=O)(=O)O)cc21.